The van der Waals surface area contributed by atoms with Gasteiger partial charge in [0.25, 0.3) is 5.91 Å². The number of likely N-dealkylation sites (tertiary alicyclic amines) is 1. The van der Waals surface area contributed by atoms with Gasteiger partial charge in [-0.1, -0.05) is 18.2 Å². The Morgan fingerprint density at radius 3 is 2.58 bits per heavy atom. The molecule has 4 heterocycles. The van der Waals surface area contributed by atoms with Crippen LogP contribution in [-0.2, 0) is 16.8 Å². The van der Waals surface area contributed by atoms with Crippen molar-refractivity contribution in [3.63, 3.8) is 0 Å². The van der Waals surface area contributed by atoms with Gasteiger partial charge < -0.3 is 9.64 Å². The fourth-order valence-electron chi connectivity index (χ4n) is 4.71. The molecule has 1 saturated heterocycles. The van der Waals surface area contributed by atoms with Gasteiger partial charge in [-0.05, 0) is 56.0 Å². The minimum absolute atomic E-state index is 0.0297. The summed E-state index contributed by atoms with van der Waals surface area (Å²) in [4.78, 5) is 14.6. The summed E-state index contributed by atoms with van der Waals surface area (Å²) >= 11 is 0. The van der Waals surface area contributed by atoms with E-state index in [2.05, 4.69) is 6.20 Å². The summed E-state index contributed by atoms with van der Waals surface area (Å²) in [5.41, 5.74) is 2.95. The predicted octanol–water partition coefficient (Wildman–Crippen LogP) is 4.08. The summed E-state index contributed by atoms with van der Waals surface area (Å²) in [7, 11) is 0. The zero-order valence-electron chi connectivity index (χ0n) is 17.3. The maximum Gasteiger partial charge on any atom is 0.319 e. The number of aromatic nitrogens is 3. The first-order valence-corrected chi connectivity index (χ1v) is 10.5. The highest BCUT2D eigenvalue weighted by molar-refractivity contribution is 5.93. The second kappa shape index (κ2) is 7.60. The van der Waals surface area contributed by atoms with Crippen molar-refractivity contribution in [1.29, 1.82) is 0 Å². The second-order valence-corrected chi connectivity index (χ2v) is 8.18. The molecule has 0 N–H and O–H groups in total. The van der Waals surface area contributed by atoms with Gasteiger partial charge in [-0.25, -0.2) is 4.68 Å². The van der Waals surface area contributed by atoms with Crippen LogP contribution in [0, 0.1) is 6.92 Å². The number of ether oxygens (including phenoxy) is 1. The number of piperidine rings is 1. The maximum absolute atomic E-state index is 13.4. The Labute approximate surface area is 179 Å². The second-order valence-electron chi connectivity index (χ2n) is 8.18. The van der Waals surface area contributed by atoms with Gasteiger partial charge >= 0.3 is 6.55 Å². The first-order valence-electron chi connectivity index (χ1n) is 10.5. The Morgan fingerprint density at radius 1 is 1.13 bits per heavy atom. The normalized spacial score (nSPS) is 17.9. The monoisotopic (exact) mass is 426 g/mol. The third-order valence-electron chi connectivity index (χ3n) is 6.39. The number of nitrogens with zero attached hydrogens (tertiary/aromatic N) is 4. The lowest BCUT2D eigenvalue weighted by atomic mass is 9.83. The van der Waals surface area contributed by atoms with Gasteiger partial charge in [-0.15, -0.1) is 0 Å². The molecular weight excluding hydrogens is 402 g/mol. The molecule has 0 radical (unpaired) electrons. The number of hydrogen-bond donors (Lipinski definition) is 0. The van der Waals surface area contributed by atoms with Crippen molar-refractivity contribution < 1.29 is 18.3 Å². The molecule has 0 aliphatic carbocycles. The molecule has 2 aliphatic rings. The smallest absolute Gasteiger partial charge is 0.319 e. The fraction of sp³-hybridized carbons (Fsp3) is 0.391. The van der Waals surface area contributed by atoms with Crippen LogP contribution < -0.4 is 0 Å². The van der Waals surface area contributed by atoms with Crippen molar-refractivity contribution in [2.45, 2.75) is 38.3 Å². The molecule has 2 aliphatic heterocycles. The van der Waals surface area contributed by atoms with Crippen molar-refractivity contribution in [2.75, 3.05) is 19.7 Å². The van der Waals surface area contributed by atoms with Gasteiger partial charge in [0.15, 0.2) is 0 Å². The first kappa shape index (κ1) is 19.9. The maximum atomic E-state index is 13.4. The summed E-state index contributed by atoms with van der Waals surface area (Å²) in [5, 5.41) is 4.85. The molecule has 31 heavy (non-hydrogen) atoms. The van der Waals surface area contributed by atoms with Gasteiger partial charge in [-0.3, -0.25) is 9.36 Å². The number of carbonyl (C=O) groups excluding carboxylic acids is 1. The molecule has 1 amide bonds. The van der Waals surface area contributed by atoms with Crippen LogP contribution in [0.4, 0.5) is 8.78 Å². The molecule has 1 spiro atoms. The summed E-state index contributed by atoms with van der Waals surface area (Å²) < 4.78 is 35.7. The van der Waals surface area contributed by atoms with Crippen molar-refractivity contribution >= 4 is 5.91 Å². The Hall–Kier alpha value is -3.00. The molecule has 3 aromatic rings. The Kier molecular flexibility index (Phi) is 4.89. The van der Waals surface area contributed by atoms with Crippen molar-refractivity contribution in [1.82, 2.24) is 19.2 Å². The molecule has 8 heteroatoms. The van der Waals surface area contributed by atoms with Crippen LogP contribution in [0.1, 0.15) is 46.8 Å². The number of aryl methyl sites for hydroxylation is 1. The van der Waals surface area contributed by atoms with E-state index in [1.807, 2.05) is 35.0 Å². The van der Waals surface area contributed by atoms with E-state index in [0.29, 0.717) is 38.2 Å². The zero-order valence-corrected chi connectivity index (χ0v) is 17.3. The first-order chi connectivity index (χ1) is 15.0. The highest BCUT2D eigenvalue weighted by Crippen LogP contribution is 2.41. The topological polar surface area (TPSA) is 52.3 Å². The Morgan fingerprint density at radius 2 is 1.87 bits per heavy atom. The van der Waals surface area contributed by atoms with Gasteiger partial charge in [-0.2, -0.15) is 13.9 Å². The molecule has 6 nitrogen and oxygen atoms in total. The zero-order chi connectivity index (χ0) is 21.6. The highest BCUT2D eigenvalue weighted by Gasteiger charge is 2.44. The average molecular weight is 426 g/mol. The molecule has 2 aromatic heterocycles. The van der Waals surface area contributed by atoms with E-state index in [-0.39, 0.29) is 11.6 Å². The van der Waals surface area contributed by atoms with Crippen molar-refractivity contribution in [3.05, 3.63) is 71.3 Å². The Bertz CT molecular complexity index is 1100. The fourth-order valence-corrected chi connectivity index (χ4v) is 4.71. The molecule has 162 valence electrons. The number of rotatable bonds is 3. The van der Waals surface area contributed by atoms with Gasteiger partial charge in [0.05, 0.1) is 18.0 Å². The number of carbonyl (C=O) groups is 1. The van der Waals surface area contributed by atoms with Crippen LogP contribution in [0.15, 0.2) is 48.7 Å². The van der Waals surface area contributed by atoms with Crippen molar-refractivity contribution in [3.8, 4) is 5.69 Å². The predicted molar refractivity (Wildman–Crippen MR) is 110 cm³/mol. The SMILES string of the molecule is Cc1ccc(C(=O)N2CCC3(CC2)OCCc2cn(-c4ccccc4)nc23)n1C(F)F. The van der Waals surface area contributed by atoms with E-state index in [9.17, 15) is 13.6 Å². The van der Waals surface area contributed by atoms with Crippen LogP contribution in [0.25, 0.3) is 5.69 Å². The van der Waals surface area contributed by atoms with E-state index in [4.69, 9.17) is 9.84 Å². The van der Waals surface area contributed by atoms with Crippen LogP contribution in [-0.4, -0.2) is 44.9 Å². The van der Waals surface area contributed by atoms with Crippen molar-refractivity contribution in [2.24, 2.45) is 0 Å². The molecule has 0 bridgehead atoms. The average Bonchev–Trinajstić information content (AvgIpc) is 3.39. The van der Waals surface area contributed by atoms with E-state index < -0.39 is 12.2 Å². The number of fused-ring (bicyclic) bond motifs is 2. The molecule has 1 fully saturated rings. The van der Waals surface area contributed by atoms with Crippen LogP contribution in [0.5, 0.6) is 0 Å². The molecule has 0 unspecified atom stereocenters. The molecule has 0 atom stereocenters. The number of hydrogen-bond acceptors (Lipinski definition) is 3. The van der Waals surface area contributed by atoms with Gasteiger partial charge in [0.1, 0.15) is 11.3 Å². The van der Waals surface area contributed by atoms with Crippen LogP contribution in [0.3, 0.4) is 0 Å². The quantitative estimate of drug-likeness (QED) is 0.634. The molecule has 1 aromatic carbocycles. The number of para-hydroxylation sites is 1. The summed E-state index contributed by atoms with van der Waals surface area (Å²) in [6.45, 7) is 0.313. The van der Waals surface area contributed by atoms with E-state index in [0.717, 1.165) is 27.9 Å². The van der Waals surface area contributed by atoms with E-state index in [1.165, 1.54) is 6.07 Å². The van der Waals surface area contributed by atoms with E-state index >= 15 is 0 Å². The third kappa shape index (κ3) is 3.35. The molecule has 0 saturated carbocycles. The minimum atomic E-state index is -2.74. The van der Waals surface area contributed by atoms with Crippen LogP contribution in [0.2, 0.25) is 0 Å². The lowest BCUT2D eigenvalue weighted by molar-refractivity contribution is -0.0965. The van der Waals surface area contributed by atoms with Gasteiger partial charge in [0.2, 0.25) is 0 Å². The highest BCUT2D eigenvalue weighted by atomic mass is 19.3. The number of benzene rings is 1. The lowest BCUT2D eigenvalue weighted by Gasteiger charge is -2.43. The van der Waals surface area contributed by atoms with E-state index in [1.54, 1.807) is 17.9 Å². The number of amides is 1. The largest absolute Gasteiger partial charge is 0.368 e. The number of halogens is 2. The minimum Gasteiger partial charge on any atom is -0.368 e. The summed E-state index contributed by atoms with van der Waals surface area (Å²) in [6, 6.07) is 13.0. The van der Waals surface area contributed by atoms with Gasteiger partial charge in [0, 0.05) is 25.0 Å². The summed E-state index contributed by atoms with van der Waals surface area (Å²) in [6.07, 6.45) is 4.04. The molecule has 5 rings (SSSR count). The molecular formula is C23H24F2N4O2. The Balaban J connectivity index is 1.37. The summed E-state index contributed by atoms with van der Waals surface area (Å²) in [5.74, 6) is -0.367. The number of alkyl halides is 2. The third-order valence-corrected chi connectivity index (χ3v) is 6.39. The van der Waals surface area contributed by atoms with Crippen LogP contribution >= 0.6 is 0 Å². The standard InChI is InChI=1S/C23H24F2N4O2/c1-16-7-8-19(29(16)22(24)25)21(30)27-12-10-23(11-13-27)20-17(9-14-31-23)15-28(26-20)18-5-3-2-4-6-18/h2-8,15,22H,9-14H2,1H3. The lowest BCUT2D eigenvalue weighted by Crippen LogP contribution is -2.48.